The Bertz CT molecular complexity index is 1740. The molecule has 1 saturated carbocycles. The van der Waals surface area contributed by atoms with E-state index < -0.39 is 6.43 Å². The molecule has 1 aliphatic heterocycles. The highest BCUT2D eigenvalue weighted by molar-refractivity contribution is 5.82. The maximum absolute atomic E-state index is 14.5. The van der Waals surface area contributed by atoms with Crippen LogP contribution in [0.15, 0.2) is 37.1 Å². The molecule has 11 nitrogen and oxygen atoms in total. The van der Waals surface area contributed by atoms with Crippen molar-refractivity contribution in [2.45, 2.75) is 51.5 Å². The van der Waals surface area contributed by atoms with Crippen molar-refractivity contribution >= 4 is 28.4 Å². The van der Waals surface area contributed by atoms with Gasteiger partial charge in [0.05, 0.1) is 43.4 Å². The molecule has 1 spiro atoms. The van der Waals surface area contributed by atoms with E-state index in [1.165, 1.54) is 12.4 Å². The zero-order chi connectivity index (χ0) is 27.8. The molecular weight excluding hydrogens is 520 g/mol. The van der Waals surface area contributed by atoms with Gasteiger partial charge in [0, 0.05) is 42.0 Å². The molecule has 1 saturated heterocycles. The molecule has 40 heavy (non-hydrogen) atoms. The highest BCUT2D eigenvalue weighted by Crippen LogP contribution is 2.53. The normalized spacial score (nSPS) is 17.1. The average molecular weight is 550 g/mol. The summed E-state index contributed by atoms with van der Waals surface area (Å²) in [6.07, 6.45) is 6.74. The molecule has 0 aromatic carbocycles. The van der Waals surface area contributed by atoms with Crippen LogP contribution in [-0.2, 0) is 17.2 Å². The second kappa shape index (κ2) is 8.68. The number of nitrogens with zero attached hydrogens (tertiary/aromatic N) is 8. The first kappa shape index (κ1) is 24.9. The molecule has 13 heteroatoms. The number of hydrogen-bond donors (Lipinski definition) is 1. The third-order valence-electron chi connectivity index (χ3n) is 7.87. The molecule has 1 N–H and O–H groups in total. The lowest BCUT2D eigenvalue weighted by molar-refractivity contribution is -0.176. The lowest BCUT2D eigenvalue weighted by atomic mass is 9.64. The number of imidazole rings is 1. The van der Waals surface area contributed by atoms with Crippen LogP contribution >= 0.6 is 0 Å². The van der Waals surface area contributed by atoms with Crippen LogP contribution in [0.5, 0.6) is 11.5 Å². The number of hydrogen-bond acceptors (Lipinski definition) is 8. The molecular formula is C27H29F2N9O2. The van der Waals surface area contributed by atoms with Gasteiger partial charge in [-0.15, -0.1) is 0 Å². The van der Waals surface area contributed by atoms with Gasteiger partial charge in [0.1, 0.15) is 11.0 Å². The second-order valence-electron chi connectivity index (χ2n) is 11.8. The van der Waals surface area contributed by atoms with E-state index in [2.05, 4.69) is 50.8 Å². The molecule has 2 fully saturated rings. The summed E-state index contributed by atoms with van der Waals surface area (Å²) in [5.74, 6) is 1.17. The van der Waals surface area contributed by atoms with Gasteiger partial charge in [-0.2, -0.15) is 15.2 Å². The maximum Gasteiger partial charge on any atom is 0.269 e. The zero-order valence-corrected chi connectivity index (χ0v) is 22.6. The SMILES string of the molecule is Cn1c(Nc2cc(C(C)(C)C)n(C3CC4(COC4)C3)n2)nc2ncc(Oc3cnn4ccncc34)c(C(F)F)c21. The fraction of sp³-hybridized carbons (Fsp3) is 0.444. The van der Waals surface area contributed by atoms with E-state index in [-0.39, 0.29) is 27.9 Å². The van der Waals surface area contributed by atoms with Crippen molar-refractivity contribution in [2.24, 2.45) is 12.5 Å². The first-order valence-corrected chi connectivity index (χ1v) is 13.2. The minimum atomic E-state index is -2.84. The Balaban J connectivity index is 1.23. The van der Waals surface area contributed by atoms with Crippen LogP contribution in [0.3, 0.4) is 0 Å². The molecule has 7 rings (SSSR count). The van der Waals surface area contributed by atoms with Gasteiger partial charge in [0.15, 0.2) is 23.0 Å². The number of halogens is 2. The van der Waals surface area contributed by atoms with Crippen LogP contribution < -0.4 is 10.1 Å². The van der Waals surface area contributed by atoms with Gasteiger partial charge in [-0.1, -0.05) is 20.8 Å². The van der Waals surface area contributed by atoms with E-state index in [0.717, 1.165) is 31.7 Å². The number of fused-ring (bicyclic) bond motifs is 2. The molecule has 0 radical (unpaired) electrons. The number of rotatable bonds is 6. The largest absolute Gasteiger partial charge is 0.451 e. The van der Waals surface area contributed by atoms with Crippen molar-refractivity contribution in [3.8, 4) is 11.5 Å². The number of ether oxygens (including phenoxy) is 2. The Morgan fingerprint density at radius 3 is 2.65 bits per heavy atom. The highest BCUT2D eigenvalue weighted by Gasteiger charge is 2.51. The minimum Gasteiger partial charge on any atom is -0.451 e. The number of aromatic nitrogens is 8. The van der Waals surface area contributed by atoms with Crippen LogP contribution in [0.2, 0.25) is 0 Å². The molecule has 0 atom stereocenters. The van der Waals surface area contributed by atoms with E-state index in [9.17, 15) is 8.78 Å². The van der Waals surface area contributed by atoms with Gasteiger partial charge < -0.3 is 19.4 Å². The first-order valence-electron chi connectivity index (χ1n) is 13.2. The fourth-order valence-corrected chi connectivity index (χ4v) is 5.74. The van der Waals surface area contributed by atoms with Gasteiger partial charge in [-0.3, -0.25) is 9.67 Å². The molecule has 2 aliphatic rings. The van der Waals surface area contributed by atoms with Crippen LogP contribution in [0.4, 0.5) is 20.5 Å². The van der Waals surface area contributed by atoms with Crippen LogP contribution in [0, 0.1) is 5.41 Å². The summed E-state index contributed by atoms with van der Waals surface area (Å²) in [7, 11) is 1.67. The summed E-state index contributed by atoms with van der Waals surface area (Å²) in [6.45, 7) is 8.10. The standard InChI is InChI=1S/C27H29F2N9O2/c1-26(2,3)19-7-20(35-38(19)15-8-27(9-15)13-39-14-27)33-25-34-24-22(36(25)4)21(23(28)29)18(11-31-24)40-17-12-32-37-6-5-30-10-16(17)37/h5-7,10-12,15,23H,8-9,13-14H2,1-4H3,(H,31,33,34,35). The third-order valence-corrected chi connectivity index (χ3v) is 7.87. The molecule has 208 valence electrons. The van der Waals surface area contributed by atoms with Gasteiger partial charge in [0.2, 0.25) is 5.95 Å². The second-order valence-corrected chi connectivity index (χ2v) is 11.8. The summed E-state index contributed by atoms with van der Waals surface area (Å²) < 4.78 is 45.6. The van der Waals surface area contributed by atoms with Crippen molar-refractivity contribution in [3.05, 3.63) is 48.3 Å². The van der Waals surface area contributed by atoms with Crippen LogP contribution in [0.1, 0.15) is 57.3 Å². The van der Waals surface area contributed by atoms with E-state index in [1.807, 2.05) is 6.07 Å². The van der Waals surface area contributed by atoms with Crippen molar-refractivity contribution in [2.75, 3.05) is 18.5 Å². The number of anilines is 2. The highest BCUT2D eigenvalue weighted by atomic mass is 19.3. The van der Waals surface area contributed by atoms with E-state index in [1.54, 1.807) is 34.7 Å². The Morgan fingerprint density at radius 2 is 1.95 bits per heavy atom. The van der Waals surface area contributed by atoms with Gasteiger partial charge in [-0.25, -0.2) is 18.3 Å². The molecule has 0 amide bonds. The Hall–Kier alpha value is -4.13. The number of aryl methyl sites for hydroxylation is 1. The van der Waals surface area contributed by atoms with Crippen molar-refractivity contribution in [1.29, 1.82) is 0 Å². The Morgan fingerprint density at radius 1 is 1.15 bits per heavy atom. The lowest BCUT2D eigenvalue weighted by Crippen LogP contribution is -2.53. The van der Waals surface area contributed by atoms with Crippen molar-refractivity contribution in [3.63, 3.8) is 0 Å². The topological polar surface area (TPSA) is 109 Å². The summed E-state index contributed by atoms with van der Waals surface area (Å²) in [4.78, 5) is 12.9. The zero-order valence-electron chi connectivity index (χ0n) is 22.6. The average Bonchev–Trinajstić information content (AvgIpc) is 3.54. The minimum absolute atomic E-state index is 0.0750. The predicted molar refractivity (Wildman–Crippen MR) is 142 cm³/mol. The third kappa shape index (κ3) is 3.90. The smallest absolute Gasteiger partial charge is 0.269 e. The van der Waals surface area contributed by atoms with Gasteiger partial charge >= 0.3 is 0 Å². The molecule has 6 heterocycles. The van der Waals surface area contributed by atoms with Crippen LogP contribution in [-0.4, -0.2) is 52.1 Å². The van der Waals surface area contributed by atoms with E-state index in [0.29, 0.717) is 34.5 Å². The number of nitrogens with one attached hydrogen (secondary N) is 1. The predicted octanol–water partition coefficient (Wildman–Crippen LogP) is 5.33. The first-order chi connectivity index (χ1) is 19.1. The van der Waals surface area contributed by atoms with Gasteiger partial charge in [0.25, 0.3) is 6.43 Å². The van der Waals surface area contributed by atoms with Gasteiger partial charge in [-0.05, 0) is 12.8 Å². The molecule has 0 bridgehead atoms. The molecule has 5 aromatic heterocycles. The van der Waals surface area contributed by atoms with E-state index in [4.69, 9.17) is 14.6 Å². The van der Waals surface area contributed by atoms with Crippen LogP contribution in [0.25, 0.3) is 16.7 Å². The summed E-state index contributed by atoms with van der Waals surface area (Å²) in [6, 6.07) is 2.31. The Labute approximate surface area is 228 Å². The maximum atomic E-state index is 14.5. The number of pyridine rings is 1. The quantitative estimate of drug-likeness (QED) is 0.303. The monoisotopic (exact) mass is 549 g/mol. The summed E-state index contributed by atoms with van der Waals surface area (Å²) in [5, 5.41) is 12.3. The Kier molecular flexibility index (Phi) is 5.40. The molecule has 0 unspecified atom stereocenters. The van der Waals surface area contributed by atoms with Crippen molar-refractivity contribution in [1.82, 2.24) is 38.9 Å². The fourth-order valence-electron chi connectivity index (χ4n) is 5.74. The summed E-state index contributed by atoms with van der Waals surface area (Å²) in [5.41, 5.74) is 1.85. The molecule has 1 aliphatic carbocycles. The number of alkyl halides is 2. The van der Waals surface area contributed by atoms with Crippen molar-refractivity contribution < 1.29 is 18.3 Å². The molecule has 5 aromatic rings. The summed E-state index contributed by atoms with van der Waals surface area (Å²) >= 11 is 0. The lowest BCUT2D eigenvalue weighted by Gasteiger charge is -2.53. The van der Waals surface area contributed by atoms with E-state index >= 15 is 0 Å².